The Bertz CT molecular complexity index is 923. The first-order valence-corrected chi connectivity index (χ1v) is 9.82. The number of rotatable bonds is 6. The van der Waals surface area contributed by atoms with Gasteiger partial charge in [-0.25, -0.2) is 0 Å². The van der Waals surface area contributed by atoms with E-state index in [1.165, 1.54) is 22.9 Å². The molecule has 1 aromatic heterocycles. The van der Waals surface area contributed by atoms with Crippen LogP contribution in [0.2, 0.25) is 0 Å². The van der Waals surface area contributed by atoms with Gasteiger partial charge in [0.25, 0.3) is 0 Å². The SMILES string of the molecule is Cc1ccc(-n2nnnc2SCC(=O)N(c2ccccc2)C(C)C)cc1C. The molecule has 2 aromatic carbocycles. The third-order valence-corrected chi connectivity index (χ3v) is 5.22. The van der Waals surface area contributed by atoms with Crippen molar-refractivity contribution >= 4 is 23.4 Å². The Balaban J connectivity index is 1.76. The number of anilines is 1. The molecule has 0 saturated heterocycles. The monoisotopic (exact) mass is 381 g/mol. The molecule has 0 aliphatic heterocycles. The van der Waals surface area contributed by atoms with Crippen molar-refractivity contribution in [2.45, 2.75) is 38.9 Å². The zero-order valence-electron chi connectivity index (χ0n) is 16.0. The van der Waals surface area contributed by atoms with E-state index in [0.29, 0.717) is 5.16 Å². The van der Waals surface area contributed by atoms with E-state index in [9.17, 15) is 4.79 Å². The van der Waals surface area contributed by atoms with Gasteiger partial charge in [0.15, 0.2) is 0 Å². The predicted molar refractivity (Wildman–Crippen MR) is 108 cm³/mol. The van der Waals surface area contributed by atoms with Gasteiger partial charge in [-0.3, -0.25) is 4.79 Å². The Morgan fingerprint density at radius 3 is 2.52 bits per heavy atom. The lowest BCUT2D eigenvalue weighted by atomic mass is 10.1. The van der Waals surface area contributed by atoms with E-state index < -0.39 is 0 Å². The summed E-state index contributed by atoms with van der Waals surface area (Å²) in [6.07, 6.45) is 0. The first-order chi connectivity index (χ1) is 13.0. The molecule has 1 heterocycles. The van der Waals surface area contributed by atoms with Crippen LogP contribution in [0.25, 0.3) is 5.69 Å². The smallest absolute Gasteiger partial charge is 0.237 e. The van der Waals surface area contributed by atoms with Crippen LogP contribution in [-0.4, -0.2) is 37.9 Å². The van der Waals surface area contributed by atoms with E-state index in [1.807, 2.05) is 62.4 Å². The molecule has 0 unspecified atom stereocenters. The molecule has 1 amide bonds. The molecule has 0 N–H and O–H groups in total. The van der Waals surface area contributed by atoms with Crippen molar-refractivity contribution in [2.24, 2.45) is 0 Å². The maximum atomic E-state index is 12.9. The Labute approximate surface area is 163 Å². The molecule has 6 nitrogen and oxygen atoms in total. The van der Waals surface area contributed by atoms with Crippen LogP contribution in [-0.2, 0) is 4.79 Å². The zero-order valence-corrected chi connectivity index (χ0v) is 16.8. The highest BCUT2D eigenvalue weighted by Crippen LogP contribution is 2.23. The van der Waals surface area contributed by atoms with Crippen molar-refractivity contribution in [1.29, 1.82) is 0 Å². The molecule has 140 valence electrons. The van der Waals surface area contributed by atoms with Crippen LogP contribution in [0.3, 0.4) is 0 Å². The summed E-state index contributed by atoms with van der Waals surface area (Å²) in [5.41, 5.74) is 4.17. The van der Waals surface area contributed by atoms with Crippen LogP contribution in [0.5, 0.6) is 0 Å². The van der Waals surface area contributed by atoms with E-state index in [-0.39, 0.29) is 17.7 Å². The minimum Gasteiger partial charge on any atom is -0.309 e. The highest BCUT2D eigenvalue weighted by Gasteiger charge is 2.20. The normalized spacial score (nSPS) is 11.0. The summed E-state index contributed by atoms with van der Waals surface area (Å²) in [7, 11) is 0. The molecule has 27 heavy (non-hydrogen) atoms. The van der Waals surface area contributed by atoms with E-state index in [2.05, 4.69) is 29.4 Å². The fourth-order valence-corrected chi connectivity index (χ4v) is 3.55. The molecular weight excluding hydrogens is 358 g/mol. The Hall–Kier alpha value is -2.67. The average Bonchev–Trinajstić information content (AvgIpc) is 3.11. The van der Waals surface area contributed by atoms with Gasteiger partial charge in [0.05, 0.1) is 11.4 Å². The number of hydrogen-bond acceptors (Lipinski definition) is 5. The van der Waals surface area contributed by atoms with E-state index in [4.69, 9.17) is 0 Å². The number of hydrogen-bond donors (Lipinski definition) is 0. The summed E-state index contributed by atoms with van der Waals surface area (Å²) in [4.78, 5) is 14.7. The summed E-state index contributed by atoms with van der Waals surface area (Å²) in [5, 5.41) is 12.6. The Kier molecular flexibility index (Phi) is 5.91. The number of aryl methyl sites for hydroxylation is 2. The lowest BCUT2D eigenvalue weighted by molar-refractivity contribution is -0.116. The van der Waals surface area contributed by atoms with Gasteiger partial charge in [0, 0.05) is 11.7 Å². The highest BCUT2D eigenvalue weighted by molar-refractivity contribution is 7.99. The number of nitrogens with zero attached hydrogens (tertiary/aromatic N) is 5. The fourth-order valence-electron chi connectivity index (χ4n) is 2.80. The third-order valence-electron chi connectivity index (χ3n) is 4.32. The second-order valence-electron chi connectivity index (χ2n) is 6.62. The Morgan fingerprint density at radius 2 is 1.85 bits per heavy atom. The van der Waals surface area contributed by atoms with Gasteiger partial charge in [0.1, 0.15) is 0 Å². The van der Waals surface area contributed by atoms with Gasteiger partial charge in [0.2, 0.25) is 11.1 Å². The summed E-state index contributed by atoms with van der Waals surface area (Å²) in [6.45, 7) is 8.14. The van der Waals surface area contributed by atoms with Gasteiger partial charge in [-0.15, -0.1) is 5.10 Å². The summed E-state index contributed by atoms with van der Waals surface area (Å²) in [6, 6.07) is 15.8. The average molecular weight is 382 g/mol. The molecule has 7 heteroatoms. The molecule has 0 atom stereocenters. The third kappa shape index (κ3) is 4.36. The van der Waals surface area contributed by atoms with Crippen LogP contribution in [0.4, 0.5) is 5.69 Å². The number of para-hydroxylation sites is 1. The molecule has 0 bridgehead atoms. The number of carbonyl (C=O) groups is 1. The van der Waals surface area contributed by atoms with Crippen molar-refractivity contribution in [1.82, 2.24) is 20.2 Å². The first-order valence-electron chi connectivity index (χ1n) is 8.83. The molecule has 0 aliphatic rings. The topological polar surface area (TPSA) is 63.9 Å². The molecule has 0 radical (unpaired) electrons. The van der Waals surface area contributed by atoms with Crippen molar-refractivity contribution in [3.8, 4) is 5.69 Å². The molecule has 3 rings (SSSR count). The van der Waals surface area contributed by atoms with Crippen molar-refractivity contribution < 1.29 is 4.79 Å². The highest BCUT2D eigenvalue weighted by atomic mass is 32.2. The van der Waals surface area contributed by atoms with Crippen molar-refractivity contribution in [3.05, 3.63) is 59.7 Å². The second-order valence-corrected chi connectivity index (χ2v) is 7.57. The van der Waals surface area contributed by atoms with Gasteiger partial charge >= 0.3 is 0 Å². The Morgan fingerprint density at radius 1 is 1.11 bits per heavy atom. The van der Waals surface area contributed by atoms with E-state index >= 15 is 0 Å². The zero-order chi connectivity index (χ0) is 19.4. The molecular formula is C20H23N5OS. The predicted octanol–water partition coefficient (Wildman–Crippen LogP) is 3.81. The van der Waals surface area contributed by atoms with Gasteiger partial charge < -0.3 is 4.90 Å². The number of thioether (sulfide) groups is 1. The van der Waals surface area contributed by atoms with Crippen LogP contribution in [0, 0.1) is 13.8 Å². The fraction of sp³-hybridized carbons (Fsp3) is 0.300. The summed E-state index contributed by atoms with van der Waals surface area (Å²) >= 11 is 1.34. The lowest BCUT2D eigenvalue weighted by Crippen LogP contribution is -2.38. The number of carbonyl (C=O) groups excluding carboxylic acids is 1. The molecule has 3 aromatic rings. The van der Waals surface area contributed by atoms with E-state index in [1.54, 1.807) is 9.58 Å². The minimum atomic E-state index is 0.0239. The molecule has 0 aliphatic carbocycles. The maximum Gasteiger partial charge on any atom is 0.237 e. The number of amides is 1. The molecule has 0 saturated carbocycles. The van der Waals surface area contributed by atoms with Crippen LogP contribution >= 0.6 is 11.8 Å². The summed E-state index contributed by atoms with van der Waals surface area (Å²) in [5.74, 6) is 0.286. The number of tetrazole rings is 1. The van der Waals surface area contributed by atoms with E-state index in [0.717, 1.165) is 11.4 Å². The quantitative estimate of drug-likeness (QED) is 0.608. The standard InChI is InChI=1S/C20H23N5OS/c1-14(2)24(17-8-6-5-7-9-17)19(26)13-27-20-21-22-23-25(20)18-11-10-15(3)16(4)12-18/h5-12,14H,13H2,1-4H3. The second kappa shape index (κ2) is 8.35. The van der Waals surface area contributed by atoms with Crippen LogP contribution in [0.1, 0.15) is 25.0 Å². The number of aromatic nitrogens is 4. The van der Waals surface area contributed by atoms with Crippen LogP contribution in [0.15, 0.2) is 53.7 Å². The largest absolute Gasteiger partial charge is 0.309 e. The molecule has 0 fully saturated rings. The molecule has 0 spiro atoms. The maximum absolute atomic E-state index is 12.9. The summed E-state index contributed by atoms with van der Waals surface area (Å²) < 4.78 is 1.67. The van der Waals surface area contributed by atoms with Gasteiger partial charge in [-0.1, -0.05) is 36.0 Å². The minimum absolute atomic E-state index is 0.0239. The lowest BCUT2D eigenvalue weighted by Gasteiger charge is -2.26. The van der Waals surface area contributed by atoms with Gasteiger partial charge in [-0.2, -0.15) is 4.68 Å². The van der Waals surface area contributed by atoms with Crippen molar-refractivity contribution in [2.75, 3.05) is 10.7 Å². The number of benzene rings is 2. The van der Waals surface area contributed by atoms with Crippen LogP contribution < -0.4 is 4.90 Å². The van der Waals surface area contributed by atoms with Gasteiger partial charge in [-0.05, 0) is 73.5 Å². The van der Waals surface area contributed by atoms with Crippen molar-refractivity contribution in [3.63, 3.8) is 0 Å². The first kappa shape index (κ1) is 19.1.